The monoisotopic (exact) mass is 341 g/mol. The number of carbonyl (C=O) groups is 1. The molecule has 0 aliphatic carbocycles. The number of halogens is 2. The second-order valence-electron chi connectivity index (χ2n) is 5.82. The standard InChI is InChI=1S/C17H25F2N3O2/c18-17(19)24-15-5-2-14(3-6-15)4-7-16(23)21-8-1-11-22-12-9-20-10-13-22/h2-3,5-6,17,20H,1,4,7-13H2,(H,21,23). The number of rotatable bonds is 9. The second-order valence-corrected chi connectivity index (χ2v) is 5.82. The van der Waals surface area contributed by atoms with E-state index in [2.05, 4.69) is 20.3 Å². The van der Waals surface area contributed by atoms with Crippen LogP contribution in [0, 0.1) is 0 Å². The second kappa shape index (κ2) is 10.2. The maximum absolute atomic E-state index is 12.1. The van der Waals surface area contributed by atoms with Gasteiger partial charge in [-0.05, 0) is 37.1 Å². The molecular weight excluding hydrogens is 316 g/mol. The van der Waals surface area contributed by atoms with E-state index in [0.717, 1.165) is 44.7 Å². The molecule has 1 aliphatic heterocycles. The predicted molar refractivity (Wildman–Crippen MR) is 88.3 cm³/mol. The van der Waals surface area contributed by atoms with Gasteiger partial charge in [-0.15, -0.1) is 0 Å². The van der Waals surface area contributed by atoms with Crippen molar-refractivity contribution in [2.45, 2.75) is 25.9 Å². The van der Waals surface area contributed by atoms with Crippen molar-refractivity contribution in [3.63, 3.8) is 0 Å². The van der Waals surface area contributed by atoms with Gasteiger partial charge in [0.1, 0.15) is 5.75 Å². The molecular formula is C17H25F2N3O2. The molecule has 0 aromatic heterocycles. The van der Waals surface area contributed by atoms with Crippen LogP contribution >= 0.6 is 0 Å². The van der Waals surface area contributed by atoms with Crippen LogP contribution in [0.2, 0.25) is 0 Å². The molecule has 2 rings (SSSR count). The average molecular weight is 341 g/mol. The van der Waals surface area contributed by atoms with E-state index in [-0.39, 0.29) is 11.7 Å². The van der Waals surface area contributed by atoms with Gasteiger partial charge >= 0.3 is 6.61 Å². The summed E-state index contributed by atoms with van der Waals surface area (Å²) in [6.07, 6.45) is 1.92. The molecule has 1 saturated heterocycles. The maximum atomic E-state index is 12.1. The molecule has 1 aromatic carbocycles. The van der Waals surface area contributed by atoms with Crippen molar-refractivity contribution in [3.8, 4) is 5.75 Å². The van der Waals surface area contributed by atoms with Crippen LogP contribution in [0.25, 0.3) is 0 Å². The van der Waals surface area contributed by atoms with Crippen molar-refractivity contribution in [1.29, 1.82) is 0 Å². The Labute approximate surface area is 141 Å². The van der Waals surface area contributed by atoms with Crippen molar-refractivity contribution >= 4 is 5.91 Å². The van der Waals surface area contributed by atoms with Gasteiger partial charge in [0.2, 0.25) is 5.91 Å². The SMILES string of the molecule is O=C(CCc1ccc(OC(F)F)cc1)NCCCN1CCNCC1. The van der Waals surface area contributed by atoms with Gasteiger partial charge in [-0.3, -0.25) is 4.79 Å². The summed E-state index contributed by atoms with van der Waals surface area (Å²) in [7, 11) is 0. The fraction of sp³-hybridized carbons (Fsp3) is 0.588. The molecule has 0 radical (unpaired) electrons. The number of aryl methyl sites for hydroxylation is 1. The Bertz CT molecular complexity index is 491. The van der Waals surface area contributed by atoms with Crippen molar-refractivity contribution in [1.82, 2.24) is 15.5 Å². The van der Waals surface area contributed by atoms with Gasteiger partial charge in [-0.1, -0.05) is 12.1 Å². The zero-order chi connectivity index (χ0) is 17.2. The molecule has 1 fully saturated rings. The Morgan fingerprint density at radius 3 is 2.62 bits per heavy atom. The number of alkyl halides is 2. The number of ether oxygens (including phenoxy) is 1. The highest BCUT2D eigenvalue weighted by Crippen LogP contribution is 2.15. The van der Waals surface area contributed by atoms with Gasteiger partial charge in [0.25, 0.3) is 0 Å². The minimum absolute atomic E-state index is 0.0169. The first-order valence-corrected chi connectivity index (χ1v) is 8.37. The highest BCUT2D eigenvalue weighted by molar-refractivity contribution is 5.76. The number of hydrogen-bond acceptors (Lipinski definition) is 4. The first kappa shape index (κ1) is 18.6. The van der Waals surface area contributed by atoms with Crippen LogP contribution < -0.4 is 15.4 Å². The summed E-state index contributed by atoms with van der Waals surface area (Å²) in [4.78, 5) is 14.2. The fourth-order valence-corrected chi connectivity index (χ4v) is 2.65. The number of hydrogen-bond donors (Lipinski definition) is 2. The largest absolute Gasteiger partial charge is 0.435 e. The molecule has 0 bridgehead atoms. The minimum Gasteiger partial charge on any atom is -0.435 e. The van der Waals surface area contributed by atoms with E-state index in [1.54, 1.807) is 12.1 Å². The Balaban J connectivity index is 1.57. The molecule has 0 atom stereocenters. The third kappa shape index (κ3) is 7.23. The summed E-state index contributed by atoms with van der Waals surface area (Å²) in [5.41, 5.74) is 0.924. The molecule has 2 N–H and O–H groups in total. The molecule has 1 amide bonds. The summed E-state index contributed by atoms with van der Waals surface area (Å²) in [6, 6.07) is 6.39. The Hall–Kier alpha value is -1.73. The Morgan fingerprint density at radius 1 is 1.25 bits per heavy atom. The topological polar surface area (TPSA) is 53.6 Å². The zero-order valence-electron chi connectivity index (χ0n) is 13.8. The quantitative estimate of drug-likeness (QED) is 0.671. The number of benzene rings is 1. The van der Waals surface area contributed by atoms with E-state index < -0.39 is 6.61 Å². The van der Waals surface area contributed by atoms with Gasteiger partial charge in [0.15, 0.2) is 0 Å². The van der Waals surface area contributed by atoms with Crippen LogP contribution in [0.3, 0.4) is 0 Å². The summed E-state index contributed by atoms with van der Waals surface area (Å²) in [5.74, 6) is 0.148. The lowest BCUT2D eigenvalue weighted by molar-refractivity contribution is -0.121. The average Bonchev–Trinajstić information content (AvgIpc) is 2.58. The minimum atomic E-state index is -2.82. The molecule has 7 heteroatoms. The van der Waals surface area contributed by atoms with Crippen molar-refractivity contribution in [3.05, 3.63) is 29.8 Å². The highest BCUT2D eigenvalue weighted by atomic mass is 19.3. The predicted octanol–water partition coefficient (Wildman–Crippen LogP) is 1.63. The maximum Gasteiger partial charge on any atom is 0.387 e. The van der Waals surface area contributed by atoms with Gasteiger partial charge in [0.05, 0.1) is 0 Å². The van der Waals surface area contributed by atoms with Gasteiger partial charge in [-0.25, -0.2) is 0 Å². The van der Waals surface area contributed by atoms with Crippen LogP contribution in [-0.4, -0.2) is 56.7 Å². The number of nitrogens with zero attached hydrogens (tertiary/aromatic N) is 1. The van der Waals surface area contributed by atoms with E-state index in [9.17, 15) is 13.6 Å². The summed E-state index contributed by atoms with van der Waals surface area (Å²) >= 11 is 0. The van der Waals surface area contributed by atoms with Gasteiger partial charge < -0.3 is 20.3 Å². The molecule has 0 spiro atoms. The van der Waals surface area contributed by atoms with Crippen LogP contribution in [0.1, 0.15) is 18.4 Å². The first-order chi connectivity index (χ1) is 11.6. The molecule has 24 heavy (non-hydrogen) atoms. The van der Waals surface area contributed by atoms with Crippen LogP contribution in [0.4, 0.5) is 8.78 Å². The van der Waals surface area contributed by atoms with Crippen LogP contribution in [0.5, 0.6) is 5.75 Å². The van der Waals surface area contributed by atoms with Gasteiger partial charge in [-0.2, -0.15) is 8.78 Å². The molecule has 134 valence electrons. The Kier molecular flexibility index (Phi) is 7.91. The van der Waals surface area contributed by atoms with E-state index in [1.165, 1.54) is 12.1 Å². The lowest BCUT2D eigenvalue weighted by atomic mass is 10.1. The third-order valence-corrected chi connectivity index (χ3v) is 3.97. The zero-order valence-corrected chi connectivity index (χ0v) is 13.8. The number of nitrogens with one attached hydrogen (secondary N) is 2. The Morgan fingerprint density at radius 2 is 1.96 bits per heavy atom. The van der Waals surface area contributed by atoms with E-state index >= 15 is 0 Å². The number of amides is 1. The van der Waals surface area contributed by atoms with Gasteiger partial charge in [0, 0.05) is 39.1 Å². The number of carbonyl (C=O) groups excluding carboxylic acids is 1. The highest BCUT2D eigenvalue weighted by Gasteiger charge is 2.09. The normalized spacial score (nSPS) is 15.5. The lowest BCUT2D eigenvalue weighted by Crippen LogP contribution is -2.44. The molecule has 1 heterocycles. The first-order valence-electron chi connectivity index (χ1n) is 8.37. The van der Waals surface area contributed by atoms with Crippen molar-refractivity contribution in [2.75, 3.05) is 39.3 Å². The summed E-state index contributed by atoms with van der Waals surface area (Å²) < 4.78 is 28.4. The van der Waals surface area contributed by atoms with Crippen LogP contribution in [-0.2, 0) is 11.2 Å². The summed E-state index contributed by atoms with van der Waals surface area (Å²) in [5, 5.41) is 6.24. The molecule has 5 nitrogen and oxygen atoms in total. The van der Waals surface area contributed by atoms with E-state index in [0.29, 0.717) is 19.4 Å². The van der Waals surface area contributed by atoms with E-state index in [4.69, 9.17) is 0 Å². The molecule has 0 saturated carbocycles. The van der Waals surface area contributed by atoms with E-state index in [1.807, 2.05) is 0 Å². The van der Waals surface area contributed by atoms with Crippen molar-refractivity contribution < 1.29 is 18.3 Å². The summed E-state index contributed by atoms with van der Waals surface area (Å²) in [6.45, 7) is 3.08. The van der Waals surface area contributed by atoms with Crippen molar-refractivity contribution in [2.24, 2.45) is 0 Å². The number of piperazine rings is 1. The molecule has 0 unspecified atom stereocenters. The van der Waals surface area contributed by atoms with Crippen LogP contribution in [0.15, 0.2) is 24.3 Å². The smallest absolute Gasteiger partial charge is 0.387 e. The third-order valence-electron chi connectivity index (χ3n) is 3.97. The lowest BCUT2D eigenvalue weighted by Gasteiger charge is -2.27. The molecule has 1 aromatic rings. The fourth-order valence-electron chi connectivity index (χ4n) is 2.65. The molecule has 1 aliphatic rings.